The van der Waals surface area contributed by atoms with Crippen molar-refractivity contribution in [2.24, 2.45) is 0 Å². The number of hydrogen-bond donors (Lipinski definition) is 0. The molecular weight excluding hydrogens is 408 g/mol. The summed E-state index contributed by atoms with van der Waals surface area (Å²) in [6.45, 7) is 2.72. The number of carbonyl (C=O) groups is 1. The summed E-state index contributed by atoms with van der Waals surface area (Å²) in [7, 11) is -2.26. The van der Waals surface area contributed by atoms with Crippen molar-refractivity contribution in [1.29, 1.82) is 0 Å². The summed E-state index contributed by atoms with van der Waals surface area (Å²) >= 11 is 0. The van der Waals surface area contributed by atoms with Crippen LogP contribution in [0.4, 0.5) is 5.69 Å². The van der Waals surface area contributed by atoms with Crippen LogP contribution in [-0.4, -0.2) is 32.8 Å². The zero-order valence-corrected chi connectivity index (χ0v) is 18.5. The second-order valence-corrected chi connectivity index (χ2v) is 9.82. The number of rotatable bonds is 5. The Kier molecular flexibility index (Phi) is 5.83. The van der Waals surface area contributed by atoms with Gasteiger partial charge in [0.15, 0.2) is 0 Å². The lowest BCUT2D eigenvalue weighted by Crippen LogP contribution is -2.31. The van der Waals surface area contributed by atoms with Gasteiger partial charge in [0.25, 0.3) is 15.9 Å². The zero-order valence-electron chi connectivity index (χ0n) is 17.7. The van der Waals surface area contributed by atoms with Crippen LogP contribution in [0.15, 0.2) is 83.8 Å². The Morgan fingerprint density at radius 2 is 1.68 bits per heavy atom. The Bertz CT molecular complexity index is 1190. The van der Waals surface area contributed by atoms with E-state index < -0.39 is 10.0 Å². The molecule has 1 saturated heterocycles. The maximum atomic E-state index is 13.4. The number of anilines is 1. The van der Waals surface area contributed by atoms with E-state index in [9.17, 15) is 13.2 Å². The molecule has 0 aliphatic carbocycles. The van der Waals surface area contributed by atoms with Gasteiger partial charge in [-0.05, 0) is 61.2 Å². The molecule has 1 aliphatic heterocycles. The lowest BCUT2D eigenvalue weighted by atomic mass is 9.99. The molecule has 0 saturated carbocycles. The second kappa shape index (κ2) is 8.55. The van der Waals surface area contributed by atoms with Gasteiger partial charge in [0, 0.05) is 19.2 Å². The average Bonchev–Trinajstić information content (AvgIpc) is 3.28. The zero-order chi connectivity index (χ0) is 22.0. The first-order valence-electron chi connectivity index (χ1n) is 10.4. The van der Waals surface area contributed by atoms with Crippen LogP contribution in [0, 0.1) is 6.92 Å². The maximum absolute atomic E-state index is 13.4. The molecule has 160 valence electrons. The molecule has 6 heteroatoms. The quantitative estimate of drug-likeness (QED) is 0.580. The Balaban J connectivity index is 1.63. The number of hydrogen-bond acceptors (Lipinski definition) is 3. The molecule has 3 aromatic rings. The molecule has 0 aromatic heterocycles. The molecule has 1 aliphatic rings. The molecule has 1 heterocycles. The molecule has 31 heavy (non-hydrogen) atoms. The number of aryl methyl sites for hydroxylation is 1. The topological polar surface area (TPSA) is 57.7 Å². The van der Waals surface area contributed by atoms with Crippen molar-refractivity contribution in [3.05, 3.63) is 95.6 Å². The highest BCUT2D eigenvalue weighted by Gasteiger charge is 2.32. The Hall–Kier alpha value is -3.12. The van der Waals surface area contributed by atoms with Crippen LogP contribution in [0.2, 0.25) is 0 Å². The van der Waals surface area contributed by atoms with Crippen molar-refractivity contribution in [2.45, 2.75) is 30.7 Å². The summed E-state index contributed by atoms with van der Waals surface area (Å²) in [5.74, 6) is -0.134. The fourth-order valence-corrected chi connectivity index (χ4v) is 5.43. The average molecular weight is 435 g/mol. The van der Waals surface area contributed by atoms with Crippen LogP contribution >= 0.6 is 0 Å². The third-order valence-corrected chi connectivity index (χ3v) is 7.70. The third kappa shape index (κ3) is 4.08. The van der Waals surface area contributed by atoms with E-state index in [-0.39, 0.29) is 16.8 Å². The number of sulfonamides is 1. The minimum atomic E-state index is -3.78. The second-order valence-electron chi connectivity index (χ2n) is 7.85. The number of para-hydroxylation sites is 1. The molecule has 1 unspecified atom stereocenters. The predicted molar refractivity (Wildman–Crippen MR) is 123 cm³/mol. The molecule has 4 rings (SSSR count). The minimum Gasteiger partial charge on any atom is -0.332 e. The molecule has 1 fully saturated rings. The van der Waals surface area contributed by atoms with Crippen LogP contribution in [0.25, 0.3) is 0 Å². The van der Waals surface area contributed by atoms with Crippen LogP contribution in [0.3, 0.4) is 0 Å². The van der Waals surface area contributed by atoms with E-state index in [0.717, 1.165) is 24.0 Å². The number of carbonyl (C=O) groups excluding carboxylic acids is 1. The van der Waals surface area contributed by atoms with E-state index >= 15 is 0 Å². The lowest BCUT2D eigenvalue weighted by molar-refractivity contribution is 0.0735. The fourth-order valence-electron chi connectivity index (χ4n) is 4.18. The van der Waals surface area contributed by atoms with E-state index in [4.69, 9.17) is 0 Å². The number of nitrogens with zero attached hydrogens (tertiary/aromatic N) is 2. The fraction of sp³-hybridized carbons (Fsp3) is 0.240. The molecule has 1 atom stereocenters. The molecule has 0 N–H and O–H groups in total. The standard InChI is InChI=1S/C25H26N2O3S/c1-19-10-6-7-15-23(19)24-16-9-17-27(24)25(28)20-11-8-14-22(18-20)31(29,30)26(2)21-12-4-3-5-13-21/h3-8,10-15,18,24H,9,16-17H2,1-2H3. The number of benzene rings is 3. The van der Waals surface area contributed by atoms with E-state index in [2.05, 4.69) is 19.1 Å². The molecule has 5 nitrogen and oxygen atoms in total. The summed E-state index contributed by atoms with van der Waals surface area (Å²) in [4.78, 5) is 15.4. The van der Waals surface area contributed by atoms with Crippen LogP contribution in [0.1, 0.15) is 40.4 Å². The predicted octanol–water partition coefficient (Wildman–Crippen LogP) is 4.80. The van der Waals surface area contributed by atoms with Gasteiger partial charge in [-0.15, -0.1) is 0 Å². The van der Waals surface area contributed by atoms with Gasteiger partial charge >= 0.3 is 0 Å². The van der Waals surface area contributed by atoms with Crippen molar-refractivity contribution >= 4 is 21.6 Å². The lowest BCUT2D eigenvalue weighted by Gasteiger charge is -2.27. The van der Waals surface area contributed by atoms with Gasteiger partial charge in [-0.3, -0.25) is 9.10 Å². The maximum Gasteiger partial charge on any atom is 0.264 e. The molecule has 3 aromatic carbocycles. The van der Waals surface area contributed by atoms with Crippen molar-refractivity contribution in [3.63, 3.8) is 0 Å². The SMILES string of the molecule is Cc1ccccc1C1CCCN1C(=O)c1cccc(S(=O)(=O)N(C)c2ccccc2)c1. The van der Waals surface area contributed by atoms with Crippen LogP contribution in [0.5, 0.6) is 0 Å². The minimum absolute atomic E-state index is 0.0148. The molecular formula is C25H26N2O3S. The van der Waals surface area contributed by atoms with Gasteiger partial charge in [0.1, 0.15) is 0 Å². The summed E-state index contributed by atoms with van der Waals surface area (Å²) in [6, 6.07) is 23.4. The highest BCUT2D eigenvalue weighted by Crippen LogP contribution is 2.35. The van der Waals surface area contributed by atoms with E-state index in [0.29, 0.717) is 17.8 Å². The Morgan fingerprint density at radius 1 is 0.968 bits per heavy atom. The van der Waals surface area contributed by atoms with Crippen LogP contribution < -0.4 is 4.31 Å². The molecule has 0 spiro atoms. The van der Waals surface area contributed by atoms with Gasteiger partial charge in [0.05, 0.1) is 16.6 Å². The first-order valence-corrected chi connectivity index (χ1v) is 11.8. The largest absolute Gasteiger partial charge is 0.332 e. The van der Waals surface area contributed by atoms with Crippen molar-refractivity contribution < 1.29 is 13.2 Å². The van der Waals surface area contributed by atoms with Crippen molar-refractivity contribution in [3.8, 4) is 0 Å². The van der Waals surface area contributed by atoms with Crippen LogP contribution in [-0.2, 0) is 10.0 Å². The smallest absolute Gasteiger partial charge is 0.264 e. The van der Waals surface area contributed by atoms with Gasteiger partial charge < -0.3 is 4.90 Å². The Morgan fingerprint density at radius 3 is 2.42 bits per heavy atom. The van der Waals surface area contributed by atoms with Gasteiger partial charge in [-0.2, -0.15) is 0 Å². The van der Waals surface area contributed by atoms with Crippen molar-refractivity contribution in [1.82, 2.24) is 4.90 Å². The van der Waals surface area contributed by atoms with Gasteiger partial charge in [0.2, 0.25) is 0 Å². The van der Waals surface area contributed by atoms with E-state index in [1.165, 1.54) is 23.5 Å². The summed E-state index contributed by atoms with van der Waals surface area (Å²) in [6.07, 6.45) is 1.84. The van der Waals surface area contributed by atoms with E-state index in [1.807, 2.05) is 23.1 Å². The summed E-state index contributed by atoms with van der Waals surface area (Å²) in [5, 5.41) is 0. The number of amides is 1. The van der Waals surface area contributed by atoms with E-state index in [1.54, 1.807) is 36.4 Å². The first-order chi connectivity index (χ1) is 14.9. The summed E-state index contributed by atoms with van der Waals surface area (Å²) < 4.78 is 27.6. The monoisotopic (exact) mass is 434 g/mol. The van der Waals surface area contributed by atoms with Gasteiger partial charge in [-0.1, -0.05) is 48.5 Å². The third-order valence-electron chi connectivity index (χ3n) is 5.92. The summed E-state index contributed by atoms with van der Waals surface area (Å²) in [5.41, 5.74) is 3.27. The molecule has 0 bridgehead atoms. The molecule has 0 radical (unpaired) electrons. The highest BCUT2D eigenvalue weighted by molar-refractivity contribution is 7.92. The Labute approximate surface area is 184 Å². The first kappa shape index (κ1) is 21.1. The van der Waals surface area contributed by atoms with Crippen molar-refractivity contribution in [2.75, 3.05) is 17.9 Å². The highest BCUT2D eigenvalue weighted by atomic mass is 32.2. The normalized spacial score (nSPS) is 16.3. The number of likely N-dealkylation sites (tertiary alicyclic amines) is 1. The van der Waals surface area contributed by atoms with Gasteiger partial charge in [-0.25, -0.2) is 8.42 Å². The molecule has 1 amide bonds.